The minimum atomic E-state index is 0.0281. The van der Waals surface area contributed by atoms with Gasteiger partial charge >= 0.3 is 0 Å². The summed E-state index contributed by atoms with van der Waals surface area (Å²) in [4.78, 5) is 9.20. The molecule has 0 radical (unpaired) electrons. The summed E-state index contributed by atoms with van der Waals surface area (Å²) in [5.41, 5.74) is 9.27. The molecule has 1 heterocycles. The Bertz CT molecular complexity index is 801. The van der Waals surface area contributed by atoms with Gasteiger partial charge in [0, 0.05) is 10.9 Å². The maximum Gasteiger partial charge on any atom is 0.162 e. The number of nitrogens with two attached hydrogens (primary N) is 1. The van der Waals surface area contributed by atoms with E-state index in [4.69, 9.17) is 5.73 Å². The Labute approximate surface area is 124 Å². The SMILES string of the molecule is CC(C)(C)c1ccccc1-c1nc(N)c2ccccc2n1. The number of rotatable bonds is 1. The first-order valence-corrected chi connectivity index (χ1v) is 7.09. The molecule has 3 heteroatoms. The van der Waals surface area contributed by atoms with Gasteiger partial charge in [0.05, 0.1) is 5.52 Å². The van der Waals surface area contributed by atoms with Gasteiger partial charge in [-0.2, -0.15) is 0 Å². The van der Waals surface area contributed by atoms with Crippen LogP contribution in [0, 0.1) is 0 Å². The van der Waals surface area contributed by atoms with Gasteiger partial charge in [-0.1, -0.05) is 57.2 Å². The lowest BCUT2D eigenvalue weighted by atomic mass is 9.83. The van der Waals surface area contributed by atoms with E-state index in [2.05, 4.69) is 48.9 Å². The van der Waals surface area contributed by atoms with Gasteiger partial charge < -0.3 is 5.73 Å². The van der Waals surface area contributed by atoms with E-state index in [1.54, 1.807) is 0 Å². The number of benzene rings is 2. The Hall–Kier alpha value is -2.42. The average Bonchev–Trinajstić information content (AvgIpc) is 2.46. The lowest BCUT2D eigenvalue weighted by molar-refractivity contribution is 0.591. The van der Waals surface area contributed by atoms with Crippen LogP contribution >= 0.6 is 0 Å². The quantitative estimate of drug-likeness (QED) is 0.726. The number of aromatic nitrogens is 2. The van der Waals surface area contributed by atoms with Crippen molar-refractivity contribution in [2.24, 2.45) is 0 Å². The monoisotopic (exact) mass is 277 g/mol. The van der Waals surface area contributed by atoms with E-state index in [1.165, 1.54) is 5.56 Å². The first-order valence-electron chi connectivity index (χ1n) is 7.09. The van der Waals surface area contributed by atoms with Gasteiger partial charge in [0.1, 0.15) is 5.82 Å². The smallest absolute Gasteiger partial charge is 0.162 e. The van der Waals surface area contributed by atoms with Crippen LogP contribution in [0.1, 0.15) is 26.3 Å². The molecule has 0 aliphatic carbocycles. The molecule has 0 amide bonds. The Morgan fingerprint density at radius 2 is 1.52 bits per heavy atom. The summed E-state index contributed by atoms with van der Waals surface area (Å²) in [6.45, 7) is 6.57. The number of hydrogen-bond donors (Lipinski definition) is 1. The van der Waals surface area contributed by atoms with Crippen LogP contribution in [-0.2, 0) is 5.41 Å². The van der Waals surface area contributed by atoms with Gasteiger partial charge in [-0.15, -0.1) is 0 Å². The van der Waals surface area contributed by atoms with Gasteiger partial charge in [0.2, 0.25) is 0 Å². The normalized spacial score (nSPS) is 11.8. The van der Waals surface area contributed by atoms with Crippen molar-refractivity contribution in [1.29, 1.82) is 0 Å². The molecule has 0 saturated heterocycles. The molecule has 2 aromatic carbocycles. The molecule has 0 aliphatic heterocycles. The summed E-state index contributed by atoms with van der Waals surface area (Å²) in [6.07, 6.45) is 0. The Balaban J connectivity index is 2.27. The third-order valence-electron chi connectivity index (χ3n) is 3.61. The summed E-state index contributed by atoms with van der Waals surface area (Å²) in [5, 5.41) is 0.898. The van der Waals surface area contributed by atoms with Gasteiger partial charge in [-0.05, 0) is 23.1 Å². The summed E-state index contributed by atoms with van der Waals surface area (Å²) in [7, 11) is 0. The molecule has 0 fully saturated rings. The molecule has 0 bridgehead atoms. The maximum atomic E-state index is 6.10. The summed E-state index contributed by atoms with van der Waals surface area (Å²) < 4.78 is 0. The van der Waals surface area contributed by atoms with E-state index in [9.17, 15) is 0 Å². The molecular formula is C18H19N3. The molecule has 1 aromatic heterocycles. The number of anilines is 1. The second kappa shape index (κ2) is 4.85. The molecule has 0 unspecified atom stereocenters. The van der Waals surface area contributed by atoms with Crippen molar-refractivity contribution < 1.29 is 0 Å². The number of hydrogen-bond acceptors (Lipinski definition) is 3. The molecule has 3 rings (SSSR count). The first kappa shape index (κ1) is 13.6. The maximum absolute atomic E-state index is 6.10. The predicted molar refractivity (Wildman–Crippen MR) is 88.1 cm³/mol. The third kappa shape index (κ3) is 2.47. The van der Waals surface area contributed by atoms with Crippen LogP contribution in [0.15, 0.2) is 48.5 Å². The molecule has 2 N–H and O–H groups in total. The van der Waals surface area contributed by atoms with Crippen LogP contribution in [0.25, 0.3) is 22.3 Å². The van der Waals surface area contributed by atoms with Gasteiger partial charge in [-0.25, -0.2) is 9.97 Å². The molecule has 0 saturated carbocycles. The highest BCUT2D eigenvalue weighted by molar-refractivity contribution is 5.89. The zero-order valence-electron chi connectivity index (χ0n) is 12.6. The fourth-order valence-electron chi connectivity index (χ4n) is 2.55. The van der Waals surface area contributed by atoms with Crippen molar-refractivity contribution in [1.82, 2.24) is 9.97 Å². The van der Waals surface area contributed by atoms with Gasteiger partial charge in [-0.3, -0.25) is 0 Å². The van der Waals surface area contributed by atoms with Crippen LogP contribution in [0.5, 0.6) is 0 Å². The van der Waals surface area contributed by atoms with Crippen molar-refractivity contribution in [3.63, 3.8) is 0 Å². The van der Waals surface area contributed by atoms with E-state index < -0.39 is 0 Å². The zero-order chi connectivity index (χ0) is 15.0. The molecule has 106 valence electrons. The zero-order valence-corrected chi connectivity index (χ0v) is 12.6. The van der Waals surface area contributed by atoms with E-state index in [1.807, 2.05) is 30.3 Å². The third-order valence-corrected chi connectivity index (χ3v) is 3.61. The van der Waals surface area contributed by atoms with Crippen LogP contribution in [0.3, 0.4) is 0 Å². The summed E-state index contributed by atoms with van der Waals surface area (Å²) >= 11 is 0. The number of nitrogen functional groups attached to an aromatic ring is 1. The van der Waals surface area contributed by atoms with Crippen molar-refractivity contribution in [2.75, 3.05) is 5.73 Å². The molecule has 0 aliphatic rings. The Morgan fingerprint density at radius 1 is 0.857 bits per heavy atom. The molecule has 3 nitrogen and oxygen atoms in total. The number of nitrogens with zero attached hydrogens (tertiary/aromatic N) is 2. The number of fused-ring (bicyclic) bond motifs is 1. The molecule has 0 spiro atoms. The average molecular weight is 277 g/mol. The Morgan fingerprint density at radius 3 is 2.29 bits per heavy atom. The molecule has 21 heavy (non-hydrogen) atoms. The minimum Gasteiger partial charge on any atom is -0.383 e. The number of para-hydroxylation sites is 1. The Kier molecular flexibility index (Phi) is 3.13. The molecule has 0 atom stereocenters. The summed E-state index contributed by atoms with van der Waals surface area (Å²) in [6, 6.07) is 16.1. The highest BCUT2D eigenvalue weighted by atomic mass is 14.9. The van der Waals surface area contributed by atoms with Gasteiger partial charge in [0.15, 0.2) is 5.82 Å². The molecule has 3 aromatic rings. The van der Waals surface area contributed by atoms with Gasteiger partial charge in [0.25, 0.3) is 0 Å². The van der Waals surface area contributed by atoms with Crippen LogP contribution in [0.4, 0.5) is 5.82 Å². The first-order chi connectivity index (χ1) is 9.97. The van der Waals surface area contributed by atoms with Crippen LogP contribution in [-0.4, -0.2) is 9.97 Å². The summed E-state index contributed by atoms with van der Waals surface area (Å²) in [5.74, 6) is 1.22. The highest BCUT2D eigenvalue weighted by Crippen LogP contribution is 2.32. The van der Waals surface area contributed by atoms with Crippen molar-refractivity contribution >= 4 is 16.7 Å². The second-order valence-electron chi connectivity index (χ2n) is 6.25. The minimum absolute atomic E-state index is 0.0281. The predicted octanol–water partition coefficient (Wildman–Crippen LogP) is 4.18. The topological polar surface area (TPSA) is 51.8 Å². The van der Waals surface area contributed by atoms with Crippen molar-refractivity contribution in [3.8, 4) is 11.4 Å². The van der Waals surface area contributed by atoms with Crippen LogP contribution < -0.4 is 5.73 Å². The van der Waals surface area contributed by atoms with Crippen LogP contribution in [0.2, 0.25) is 0 Å². The molecular weight excluding hydrogens is 258 g/mol. The lowest BCUT2D eigenvalue weighted by Gasteiger charge is -2.22. The van der Waals surface area contributed by atoms with E-state index in [0.29, 0.717) is 11.6 Å². The lowest BCUT2D eigenvalue weighted by Crippen LogP contribution is -2.13. The largest absolute Gasteiger partial charge is 0.383 e. The highest BCUT2D eigenvalue weighted by Gasteiger charge is 2.20. The fourth-order valence-corrected chi connectivity index (χ4v) is 2.55. The standard InChI is InChI=1S/C18H19N3/c1-18(2,3)14-10-6-4-8-12(14)17-20-15-11-7-5-9-13(15)16(19)21-17/h4-11H,1-3H3,(H2,19,20,21). The van der Waals surface area contributed by atoms with E-state index in [-0.39, 0.29) is 5.41 Å². The fraction of sp³-hybridized carbons (Fsp3) is 0.222. The van der Waals surface area contributed by atoms with E-state index in [0.717, 1.165) is 16.5 Å². The van der Waals surface area contributed by atoms with Crippen molar-refractivity contribution in [3.05, 3.63) is 54.1 Å². The van der Waals surface area contributed by atoms with Crippen molar-refractivity contribution in [2.45, 2.75) is 26.2 Å². The van der Waals surface area contributed by atoms with E-state index >= 15 is 0 Å². The second-order valence-corrected chi connectivity index (χ2v) is 6.25.